The molecule has 1 aromatic rings. The molecular formula is C7H7ClN2O2. The van der Waals surface area contributed by atoms with Crippen LogP contribution in [0.5, 0.6) is 5.88 Å². The third kappa shape index (κ3) is 2.17. The molecule has 0 spiro atoms. The Morgan fingerprint density at radius 1 is 1.58 bits per heavy atom. The molecule has 0 aliphatic rings. The Labute approximate surface area is 74.5 Å². The minimum absolute atomic E-state index is 0.125. The van der Waals surface area contributed by atoms with Gasteiger partial charge in [0.25, 0.3) is 5.24 Å². The largest absolute Gasteiger partial charge is 0.477 e. The molecule has 0 saturated heterocycles. The summed E-state index contributed by atoms with van der Waals surface area (Å²) in [7, 11) is 0. The van der Waals surface area contributed by atoms with Gasteiger partial charge in [0.1, 0.15) is 5.69 Å². The molecule has 0 aliphatic carbocycles. The molecule has 12 heavy (non-hydrogen) atoms. The van der Waals surface area contributed by atoms with E-state index in [0.717, 1.165) is 0 Å². The fraction of sp³-hybridized carbons (Fsp3) is 0.286. The molecule has 4 nitrogen and oxygen atoms in total. The van der Waals surface area contributed by atoms with Crippen molar-refractivity contribution in [1.82, 2.24) is 9.97 Å². The molecule has 0 saturated carbocycles. The number of aromatic nitrogens is 2. The van der Waals surface area contributed by atoms with Gasteiger partial charge in [-0.05, 0) is 18.5 Å². The molecule has 5 heteroatoms. The van der Waals surface area contributed by atoms with Gasteiger partial charge in [-0.3, -0.25) is 4.79 Å². The topological polar surface area (TPSA) is 52.1 Å². The van der Waals surface area contributed by atoms with Crippen LogP contribution in [0.3, 0.4) is 0 Å². The first kappa shape index (κ1) is 8.93. The fourth-order valence-corrected chi connectivity index (χ4v) is 0.738. The highest BCUT2D eigenvalue weighted by molar-refractivity contribution is 6.67. The average Bonchev–Trinajstić information content (AvgIpc) is 2.06. The number of ether oxygens (including phenoxy) is 1. The van der Waals surface area contributed by atoms with Crippen LogP contribution in [0.2, 0.25) is 0 Å². The number of rotatable bonds is 3. The van der Waals surface area contributed by atoms with Crippen LogP contribution in [0.25, 0.3) is 0 Å². The first-order chi connectivity index (χ1) is 5.74. The summed E-state index contributed by atoms with van der Waals surface area (Å²) in [6, 6.07) is 0. The molecule has 64 valence electrons. The van der Waals surface area contributed by atoms with Crippen molar-refractivity contribution in [3.05, 3.63) is 18.1 Å². The molecule has 0 amide bonds. The van der Waals surface area contributed by atoms with Crippen molar-refractivity contribution in [1.29, 1.82) is 0 Å². The standard InChI is InChI=1S/C7H7ClN2O2/c1-2-12-6-4-9-5(3-10-6)7(8)11/h3-4H,2H2,1H3. The number of hydrogen-bond donors (Lipinski definition) is 0. The molecule has 1 heterocycles. The molecule has 0 N–H and O–H groups in total. The lowest BCUT2D eigenvalue weighted by molar-refractivity contribution is 0.107. The summed E-state index contributed by atoms with van der Waals surface area (Å²) in [5, 5.41) is -0.620. The lowest BCUT2D eigenvalue weighted by Crippen LogP contribution is -1.99. The van der Waals surface area contributed by atoms with E-state index in [4.69, 9.17) is 16.3 Å². The maximum atomic E-state index is 10.5. The van der Waals surface area contributed by atoms with E-state index >= 15 is 0 Å². The fourth-order valence-electron chi connectivity index (χ4n) is 0.640. The predicted molar refractivity (Wildman–Crippen MR) is 43.4 cm³/mol. The second-order valence-electron chi connectivity index (χ2n) is 1.95. The van der Waals surface area contributed by atoms with Crippen LogP contribution < -0.4 is 4.74 Å². The van der Waals surface area contributed by atoms with Gasteiger partial charge in [-0.25, -0.2) is 9.97 Å². The second kappa shape index (κ2) is 4.01. The molecular weight excluding hydrogens is 180 g/mol. The van der Waals surface area contributed by atoms with E-state index in [9.17, 15) is 4.79 Å². The van der Waals surface area contributed by atoms with E-state index in [1.165, 1.54) is 12.4 Å². The van der Waals surface area contributed by atoms with Crippen molar-refractivity contribution >= 4 is 16.8 Å². The molecule has 0 aromatic carbocycles. The first-order valence-electron chi connectivity index (χ1n) is 3.38. The van der Waals surface area contributed by atoms with Crippen molar-refractivity contribution in [2.45, 2.75) is 6.92 Å². The van der Waals surface area contributed by atoms with Crippen LogP contribution >= 0.6 is 11.6 Å². The van der Waals surface area contributed by atoms with Crippen LogP contribution in [-0.2, 0) is 0 Å². The third-order valence-electron chi connectivity index (χ3n) is 1.12. The highest BCUT2D eigenvalue weighted by atomic mass is 35.5. The summed E-state index contributed by atoms with van der Waals surface area (Å²) in [6.07, 6.45) is 2.64. The van der Waals surface area contributed by atoms with Gasteiger partial charge in [0, 0.05) is 0 Å². The maximum Gasteiger partial charge on any atom is 0.272 e. The van der Waals surface area contributed by atoms with Gasteiger partial charge in [-0.2, -0.15) is 0 Å². The van der Waals surface area contributed by atoms with Gasteiger partial charge in [-0.1, -0.05) is 0 Å². The van der Waals surface area contributed by atoms with Crippen molar-refractivity contribution < 1.29 is 9.53 Å². The van der Waals surface area contributed by atoms with Crippen LogP contribution in [-0.4, -0.2) is 21.8 Å². The SMILES string of the molecule is CCOc1cnc(C(=O)Cl)cn1. The van der Waals surface area contributed by atoms with Gasteiger partial charge in [0.05, 0.1) is 19.0 Å². The Morgan fingerprint density at radius 3 is 2.75 bits per heavy atom. The van der Waals surface area contributed by atoms with Gasteiger partial charge in [0.15, 0.2) is 0 Å². The highest BCUT2D eigenvalue weighted by Crippen LogP contribution is 2.05. The zero-order valence-electron chi connectivity index (χ0n) is 6.45. The molecule has 0 unspecified atom stereocenters. The Hall–Kier alpha value is -1.16. The van der Waals surface area contributed by atoms with Gasteiger partial charge >= 0.3 is 0 Å². The lowest BCUT2D eigenvalue weighted by atomic mass is 10.5. The monoisotopic (exact) mass is 186 g/mol. The minimum Gasteiger partial charge on any atom is -0.477 e. The molecule has 1 aromatic heterocycles. The van der Waals surface area contributed by atoms with Gasteiger partial charge in [-0.15, -0.1) is 0 Å². The molecule has 0 atom stereocenters. The highest BCUT2D eigenvalue weighted by Gasteiger charge is 2.03. The van der Waals surface area contributed by atoms with Crippen LogP contribution in [0, 0.1) is 0 Å². The number of hydrogen-bond acceptors (Lipinski definition) is 4. The minimum atomic E-state index is -0.620. The lowest BCUT2D eigenvalue weighted by Gasteiger charge is -1.99. The van der Waals surface area contributed by atoms with Gasteiger partial charge in [0.2, 0.25) is 5.88 Å². The van der Waals surface area contributed by atoms with Crippen molar-refractivity contribution in [2.75, 3.05) is 6.61 Å². The maximum absolute atomic E-state index is 10.5. The molecule has 0 aliphatic heterocycles. The molecule has 0 radical (unpaired) electrons. The first-order valence-corrected chi connectivity index (χ1v) is 3.76. The zero-order valence-corrected chi connectivity index (χ0v) is 7.21. The molecule has 1 rings (SSSR count). The van der Waals surface area contributed by atoms with Gasteiger partial charge < -0.3 is 4.74 Å². The Kier molecular flexibility index (Phi) is 2.99. The van der Waals surface area contributed by atoms with Crippen LogP contribution in [0.1, 0.15) is 17.4 Å². The summed E-state index contributed by atoms with van der Waals surface area (Å²) < 4.78 is 5.01. The molecule has 0 bridgehead atoms. The summed E-state index contributed by atoms with van der Waals surface area (Å²) in [5.74, 6) is 0.388. The molecule has 0 fully saturated rings. The Bertz CT molecular complexity index is 273. The number of carbonyl (C=O) groups is 1. The average molecular weight is 187 g/mol. The van der Waals surface area contributed by atoms with E-state index in [-0.39, 0.29) is 5.69 Å². The van der Waals surface area contributed by atoms with E-state index in [1.807, 2.05) is 6.92 Å². The predicted octanol–water partition coefficient (Wildman–Crippen LogP) is 1.25. The summed E-state index contributed by atoms with van der Waals surface area (Å²) in [6.45, 7) is 2.35. The quantitative estimate of drug-likeness (QED) is 0.667. The van der Waals surface area contributed by atoms with Crippen molar-refractivity contribution in [2.24, 2.45) is 0 Å². The van der Waals surface area contributed by atoms with E-state index < -0.39 is 5.24 Å². The summed E-state index contributed by atoms with van der Waals surface area (Å²) in [5.41, 5.74) is 0.125. The smallest absolute Gasteiger partial charge is 0.272 e. The van der Waals surface area contributed by atoms with Crippen molar-refractivity contribution in [3.63, 3.8) is 0 Å². The van der Waals surface area contributed by atoms with E-state index in [1.54, 1.807) is 0 Å². The Morgan fingerprint density at radius 2 is 2.33 bits per heavy atom. The Balaban J connectivity index is 2.78. The summed E-state index contributed by atoms with van der Waals surface area (Å²) in [4.78, 5) is 18.1. The number of nitrogens with zero attached hydrogens (tertiary/aromatic N) is 2. The number of carbonyl (C=O) groups excluding carboxylic acids is 1. The van der Waals surface area contributed by atoms with E-state index in [2.05, 4.69) is 9.97 Å². The van der Waals surface area contributed by atoms with Crippen LogP contribution in [0.4, 0.5) is 0 Å². The van der Waals surface area contributed by atoms with E-state index in [0.29, 0.717) is 12.5 Å². The normalized spacial score (nSPS) is 9.50. The summed E-state index contributed by atoms with van der Waals surface area (Å²) >= 11 is 5.15. The number of halogens is 1. The van der Waals surface area contributed by atoms with Crippen LogP contribution in [0.15, 0.2) is 12.4 Å². The van der Waals surface area contributed by atoms with Crippen molar-refractivity contribution in [3.8, 4) is 5.88 Å². The third-order valence-corrected chi connectivity index (χ3v) is 1.32. The second-order valence-corrected chi connectivity index (χ2v) is 2.29. The zero-order chi connectivity index (χ0) is 8.97.